The summed E-state index contributed by atoms with van der Waals surface area (Å²) in [7, 11) is 3.22. The highest BCUT2D eigenvalue weighted by atomic mass is 16.5. The van der Waals surface area contributed by atoms with Crippen molar-refractivity contribution in [3.05, 3.63) is 72.3 Å². The molecule has 0 saturated carbocycles. The molecule has 0 unspecified atom stereocenters. The van der Waals surface area contributed by atoms with Crippen molar-refractivity contribution < 1.29 is 28.4 Å². The fourth-order valence-corrected chi connectivity index (χ4v) is 3.33. The Morgan fingerprint density at radius 3 is 1.83 bits per heavy atom. The van der Waals surface area contributed by atoms with Crippen molar-refractivity contribution in [1.29, 1.82) is 0 Å². The highest BCUT2D eigenvalue weighted by molar-refractivity contribution is 5.51. The van der Waals surface area contributed by atoms with Crippen LogP contribution in [0.3, 0.4) is 0 Å². The van der Waals surface area contributed by atoms with E-state index in [0.29, 0.717) is 61.7 Å². The Morgan fingerprint density at radius 1 is 0.657 bits per heavy atom. The van der Waals surface area contributed by atoms with Gasteiger partial charge in [0.1, 0.15) is 25.6 Å². The Bertz CT molecular complexity index is 1000. The van der Waals surface area contributed by atoms with Gasteiger partial charge in [-0.1, -0.05) is 30.3 Å². The number of rotatable bonds is 15. The fraction of sp³-hybridized carbons (Fsp3) is 0.357. The molecule has 3 aromatic rings. The summed E-state index contributed by atoms with van der Waals surface area (Å²) in [5.41, 5.74) is 1.06. The lowest BCUT2D eigenvalue weighted by molar-refractivity contribution is 0.241. The van der Waals surface area contributed by atoms with Gasteiger partial charge in [-0.25, -0.2) is 0 Å². The number of methoxy groups -OCH3 is 2. The van der Waals surface area contributed by atoms with Crippen molar-refractivity contribution in [2.24, 2.45) is 0 Å². The van der Waals surface area contributed by atoms with Crippen LogP contribution in [0.15, 0.2) is 66.7 Å². The highest BCUT2D eigenvalue weighted by Crippen LogP contribution is 2.36. The average Bonchev–Trinajstić information content (AvgIpc) is 2.87. The molecule has 0 spiro atoms. The Morgan fingerprint density at radius 2 is 1.23 bits per heavy atom. The normalized spacial score (nSPS) is 10.7. The SMILES string of the molecule is COc1cccc(OC)c1OCCNCCOc1ccccc1OCc1ccc(OC(C)C)cc1. The van der Waals surface area contributed by atoms with E-state index in [1.54, 1.807) is 14.2 Å². The lowest BCUT2D eigenvalue weighted by Crippen LogP contribution is -2.26. The summed E-state index contributed by atoms with van der Waals surface area (Å²) in [5, 5.41) is 3.31. The smallest absolute Gasteiger partial charge is 0.203 e. The number of benzene rings is 3. The van der Waals surface area contributed by atoms with Crippen molar-refractivity contribution in [1.82, 2.24) is 5.32 Å². The molecule has 0 radical (unpaired) electrons. The second-order valence-electron chi connectivity index (χ2n) is 7.98. The van der Waals surface area contributed by atoms with E-state index in [2.05, 4.69) is 5.32 Å². The molecule has 0 bridgehead atoms. The summed E-state index contributed by atoms with van der Waals surface area (Å²) in [6, 6.07) is 21.2. The van der Waals surface area contributed by atoms with Crippen molar-refractivity contribution >= 4 is 0 Å². The van der Waals surface area contributed by atoms with E-state index in [0.717, 1.165) is 11.3 Å². The maximum absolute atomic E-state index is 6.00. The lowest BCUT2D eigenvalue weighted by atomic mass is 10.2. The zero-order chi connectivity index (χ0) is 24.9. The first kappa shape index (κ1) is 26.0. The van der Waals surface area contributed by atoms with Crippen LogP contribution in [0.1, 0.15) is 19.4 Å². The largest absolute Gasteiger partial charge is 0.493 e. The average molecular weight is 482 g/mol. The third kappa shape index (κ3) is 8.30. The van der Waals surface area contributed by atoms with Crippen LogP contribution in [-0.2, 0) is 6.61 Å². The lowest BCUT2D eigenvalue weighted by Gasteiger charge is -2.15. The number of ether oxygens (including phenoxy) is 6. The Balaban J connectivity index is 1.39. The molecule has 0 aromatic heterocycles. The first-order valence-electron chi connectivity index (χ1n) is 11.8. The summed E-state index contributed by atoms with van der Waals surface area (Å²) in [4.78, 5) is 0. The van der Waals surface area contributed by atoms with E-state index in [1.165, 1.54) is 0 Å². The third-order valence-corrected chi connectivity index (χ3v) is 4.98. The molecule has 3 rings (SSSR count). The van der Waals surface area contributed by atoms with Crippen LogP contribution >= 0.6 is 0 Å². The maximum atomic E-state index is 6.00. The fourth-order valence-electron chi connectivity index (χ4n) is 3.33. The number of hydrogen-bond donors (Lipinski definition) is 1. The van der Waals surface area contributed by atoms with Crippen LogP contribution in [0.2, 0.25) is 0 Å². The first-order chi connectivity index (χ1) is 17.1. The Hall–Kier alpha value is -3.58. The summed E-state index contributed by atoms with van der Waals surface area (Å²) in [5.74, 6) is 4.16. The predicted octanol–water partition coefficient (Wildman–Crippen LogP) is 5.12. The maximum Gasteiger partial charge on any atom is 0.203 e. The molecule has 0 fully saturated rings. The predicted molar refractivity (Wildman–Crippen MR) is 136 cm³/mol. The van der Waals surface area contributed by atoms with Gasteiger partial charge < -0.3 is 33.7 Å². The summed E-state index contributed by atoms with van der Waals surface area (Å²) in [6.45, 7) is 6.76. The monoisotopic (exact) mass is 481 g/mol. The molecule has 1 N–H and O–H groups in total. The molecule has 0 amide bonds. The van der Waals surface area contributed by atoms with Gasteiger partial charge in [0.15, 0.2) is 23.0 Å². The summed E-state index contributed by atoms with van der Waals surface area (Å²) >= 11 is 0. The van der Waals surface area contributed by atoms with E-state index < -0.39 is 0 Å². The second kappa shape index (κ2) is 14.0. The first-order valence-corrected chi connectivity index (χ1v) is 11.8. The molecule has 0 aliphatic heterocycles. The molecule has 3 aromatic carbocycles. The minimum atomic E-state index is 0.152. The van der Waals surface area contributed by atoms with Gasteiger partial charge in [0.25, 0.3) is 0 Å². The minimum absolute atomic E-state index is 0.152. The van der Waals surface area contributed by atoms with E-state index in [1.807, 2.05) is 80.6 Å². The van der Waals surface area contributed by atoms with Gasteiger partial charge in [-0.15, -0.1) is 0 Å². The molecule has 0 saturated heterocycles. The molecular formula is C28H35NO6. The van der Waals surface area contributed by atoms with Crippen molar-refractivity contribution in [2.75, 3.05) is 40.5 Å². The second-order valence-corrected chi connectivity index (χ2v) is 7.98. The quantitative estimate of drug-likeness (QED) is 0.302. The molecule has 0 atom stereocenters. The zero-order valence-electron chi connectivity index (χ0n) is 20.9. The minimum Gasteiger partial charge on any atom is -0.493 e. The molecule has 35 heavy (non-hydrogen) atoms. The number of para-hydroxylation sites is 3. The van der Waals surface area contributed by atoms with Crippen LogP contribution in [0, 0.1) is 0 Å². The molecule has 0 heterocycles. The van der Waals surface area contributed by atoms with Crippen LogP contribution in [0.4, 0.5) is 0 Å². The third-order valence-electron chi connectivity index (χ3n) is 4.98. The molecular weight excluding hydrogens is 446 g/mol. The van der Waals surface area contributed by atoms with Crippen molar-refractivity contribution in [3.8, 4) is 34.5 Å². The Labute approximate surface area is 207 Å². The van der Waals surface area contributed by atoms with E-state index in [9.17, 15) is 0 Å². The standard InChI is InChI=1S/C28H35NO6/c1-21(2)35-23-14-12-22(13-15-23)20-34-25-9-6-5-8-24(25)32-18-16-29-17-19-33-28-26(30-3)10-7-11-27(28)31-4/h5-15,21,29H,16-20H2,1-4H3. The van der Waals surface area contributed by atoms with Crippen LogP contribution in [0.25, 0.3) is 0 Å². The van der Waals surface area contributed by atoms with E-state index >= 15 is 0 Å². The van der Waals surface area contributed by atoms with E-state index in [-0.39, 0.29) is 6.10 Å². The van der Waals surface area contributed by atoms with Gasteiger partial charge in [0, 0.05) is 13.1 Å². The van der Waals surface area contributed by atoms with Crippen LogP contribution in [-0.4, -0.2) is 46.6 Å². The molecule has 0 aliphatic carbocycles. The summed E-state index contributed by atoms with van der Waals surface area (Å²) < 4.78 is 34.2. The molecule has 7 nitrogen and oxygen atoms in total. The van der Waals surface area contributed by atoms with Gasteiger partial charge in [-0.2, -0.15) is 0 Å². The van der Waals surface area contributed by atoms with Crippen molar-refractivity contribution in [2.45, 2.75) is 26.6 Å². The molecule has 188 valence electrons. The van der Waals surface area contributed by atoms with Gasteiger partial charge >= 0.3 is 0 Å². The van der Waals surface area contributed by atoms with Crippen LogP contribution < -0.4 is 33.7 Å². The summed E-state index contributed by atoms with van der Waals surface area (Å²) in [6.07, 6.45) is 0.152. The van der Waals surface area contributed by atoms with Crippen LogP contribution in [0.5, 0.6) is 34.5 Å². The molecule has 0 aliphatic rings. The number of hydrogen-bond acceptors (Lipinski definition) is 7. The van der Waals surface area contributed by atoms with Gasteiger partial charge in [0.2, 0.25) is 5.75 Å². The van der Waals surface area contributed by atoms with Gasteiger partial charge in [-0.3, -0.25) is 0 Å². The Kier molecular flexibility index (Phi) is 10.4. The van der Waals surface area contributed by atoms with Crippen molar-refractivity contribution in [3.63, 3.8) is 0 Å². The van der Waals surface area contributed by atoms with Gasteiger partial charge in [0.05, 0.1) is 20.3 Å². The highest BCUT2D eigenvalue weighted by Gasteiger charge is 2.11. The van der Waals surface area contributed by atoms with E-state index in [4.69, 9.17) is 28.4 Å². The molecule has 7 heteroatoms. The number of nitrogens with one attached hydrogen (secondary N) is 1. The topological polar surface area (TPSA) is 67.4 Å². The van der Waals surface area contributed by atoms with Gasteiger partial charge in [-0.05, 0) is 55.8 Å². The zero-order valence-corrected chi connectivity index (χ0v) is 20.9.